The number of methoxy groups -OCH3 is 1. The molecule has 0 spiro atoms. The van der Waals surface area contributed by atoms with Crippen molar-refractivity contribution in [3.63, 3.8) is 0 Å². The number of nitrogens with zero attached hydrogens (tertiary/aromatic N) is 1. The maximum atomic E-state index is 5.50. The van der Waals surface area contributed by atoms with Crippen LogP contribution < -0.4 is 14.8 Å². The van der Waals surface area contributed by atoms with E-state index in [-0.39, 0.29) is 0 Å². The predicted molar refractivity (Wildman–Crippen MR) is 86.4 cm³/mol. The first-order valence-corrected chi connectivity index (χ1v) is 6.92. The van der Waals surface area contributed by atoms with Crippen molar-refractivity contribution in [1.29, 1.82) is 0 Å². The first-order chi connectivity index (χ1) is 9.62. The van der Waals surface area contributed by atoms with Crippen LogP contribution in [0.15, 0.2) is 30.9 Å². The Morgan fingerprint density at radius 3 is 2.80 bits per heavy atom. The van der Waals surface area contributed by atoms with Gasteiger partial charge in [-0.15, -0.1) is 6.58 Å². The van der Waals surface area contributed by atoms with Crippen molar-refractivity contribution >= 4 is 17.3 Å². The lowest BCUT2D eigenvalue weighted by Crippen LogP contribution is -2.36. The van der Waals surface area contributed by atoms with Crippen LogP contribution >= 0.6 is 12.2 Å². The summed E-state index contributed by atoms with van der Waals surface area (Å²) in [6, 6.07) is 5.91. The van der Waals surface area contributed by atoms with Crippen molar-refractivity contribution in [2.75, 3.05) is 27.3 Å². The van der Waals surface area contributed by atoms with Crippen LogP contribution in [0.3, 0.4) is 0 Å². The van der Waals surface area contributed by atoms with Crippen LogP contribution in [0, 0.1) is 0 Å². The molecular weight excluding hydrogens is 272 g/mol. The van der Waals surface area contributed by atoms with Crippen molar-refractivity contribution < 1.29 is 9.47 Å². The molecule has 1 N–H and O–H groups in total. The molecule has 1 rings (SSSR count). The summed E-state index contributed by atoms with van der Waals surface area (Å²) in [5.74, 6) is 1.50. The molecule has 0 radical (unpaired) electrons. The molecule has 0 aliphatic heterocycles. The SMILES string of the molecule is C=CCNC(=S)N(C)Cc1ccc(OCC)c(OC)c1. The highest BCUT2D eigenvalue weighted by Crippen LogP contribution is 2.28. The highest BCUT2D eigenvalue weighted by Gasteiger charge is 2.08. The number of rotatable bonds is 7. The maximum absolute atomic E-state index is 5.50. The maximum Gasteiger partial charge on any atom is 0.169 e. The van der Waals surface area contributed by atoms with Gasteiger partial charge >= 0.3 is 0 Å². The third-order valence-corrected chi connectivity index (χ3v) is 3.15. The Morgan fingerprint density at radius 2 is 2.20 bits per heavy atom. The van der Waals surface area contributed by atoms with Crippen LogP contribution in [0.4, 0.5) is 0 Å². The van der Waals surface area contributed by atoms with E-state index in [9.17, 15) is 0 Å². The zero-order chi connectivity index (χ0) is 15.0. The lowest BCUT2D eigenvalue weighted by Gasteiger charge is -2.21. The summed E-state index contributed by atoms with van der Waals surface area (Å²) in [7, 11) is 3.59. The molecule has 20 heavy (non-hydrogen) atoms. The minimum atomic E-state index is 0.616. The summed E-state index contributed by atoms with van der Waals surface area (Å²) in [6.45, 7) is 7.58. The Balaban J connectivity index is 2.72. The van der Waals surface area contributed by atoms with Gasteiger partial charge in [-0.25, -0.2) is 0 Å². The molecule has 0 fully saturated rings. The molecule has 0 aliphatic rings. The minimum absolute atomic E-state index is 0.616. The molecule has 1 aromatic rings. The Bertz CT molecular complexity index is 463. The molecule has 0 saturated carbocycles. The second kappa shape index (κ2) is 8.43. The Labute approximate surface area is 126 Å². The highest BCUT2D eigenvalue weighted by atomic mass is 32.1. The normalized spacial score (nSPS) is 9.75. The van der Waals surface area contributed by atoms with E-state index in [1.54, 1.807) is 13.2 Å². The quantitative estimate of drug-likeness (QED) is 0.617. The smallest absolute Gasteiger partial charge is 0.169 e. The number of benzene rings is 1. The summed E-state index contributed by atoms with van der Waals surface area (Å²) in [4.78, 5) is 1.97. The van der Waals surface area contributed by atoms with Crippen LogP contribution in [-0.2, 0) is 6.54 Å². The third-order valence-electron chi connectivity index (χ3n) is 2.69. The monoisotopic (exact) mass is 294 g/mol. The van der Waals surface area contributed by atoms with Crippen LogP contribution in [0.5, 0.6) is 11.5 Å². The van der Waals surface area contributed by atoms with E-state index >= 15 is 0 Å². The molecule has 0 bridgehead atoms. The van der Waals surface area contributed by atoms with Gasteiger partial charge in [0.25, 0.3) is 0 Å². The van der Waals surface area contributed by atoms with Gasteiger partial charge in [-0.2, -0.15) is 0 Å². The number of nitrogens with one attached hydrogen (secondary N) is 1. The van der Waals surface area contributed by atoms with Crippen LogP contribution in [0.2, 0.25) is 0 Å². The summed E-state index contributed by atoms with van der Waals surface area (Å²) in [5.41, 5.74) is 1.11. The molecule has 5 heteroatoms. The zero-order valence-electron chi connectivity index (χ0n) is 12.3. The first-order valence-electron chi connectivity index (χ1n) is 6.52. The van der Waals surface area contributed by atoms with Gasteiger partial charge in [0, 0.05) is 20.1 Å². The fraction of sp³-hybridized carbons (Fsp3) is 0.400. The average molecular weight is 294 g/mol. The van der Waals surface area contributed by atoms with E-state index in [2.05, 4.69) is 11.9 Å². The fourth-order valence-electron chi connectivity index (χ4n) is 1.73. The summed E-state index contributed by atoms with van der Waals surface area (Å²) in [5, 5.41) is 3.79. The van der Waals surface area contributed by atoms with Crippen molar-refractivity contribution in [2.45, 2.75) is 13.5 Å². The molecule has 4 nitrogen and oxygen atoms in total. The third kappa shape index (κ3) is 4.74. The van der Waals surface area contributed by atoms with E-state index in [0.717, 1.165) is 17.1 Å². The van der Waals surface area contributed by atoms with Gasteiger partial charge in [-0.3, -0.25) is 0 Å². The first kappa shape index (κ1) is 16.3. The molecule has 0 unspecified atom stereocenters. The van der Waals surface area contributed by atoms with Crippen LogP contribution in [-0.4, -0.2) is 37.3 Å². The summed E-state index contributed by atoms with van der Waals surface area (Å²) in [6.07, 6.45) is 1.78. The van der Waals surface area contributed by atoms with E-state index in [0.29, 0.717) is 24.8 Å². The van der Waals surface area contributed by atoms with Gasteiger partial charge in [0.05, 0.1) is 13.7 Å². The van der Waals surface area contributed by atoms with Gasteiger partial charge in [0.15, 0.2) is 16.6 Å². The molecule has 0 heterocycles. The summed E-state index contributed by atoms with van der Waals surface area (Å²) < 4.78 is 10.8. The van der Waals surface area contributed by atoms with Crippen molar-refractivity contribution in [1.82, 2.24) is 10.2 Å². The topological polar surface area (TPSA) is 33.7 Å². The molecule has 0 atom stereocenters. The van der Waals surface area contributed by atoms with Crippen LogP contribution in [0.1, 0.15) is 12.5 Å². The molecule has 0 aliphatic carbocycles. The summed E-state index contributed by atoms with van der Waals surface area (Å²) >= 11 is 5.28. The fourth-order valence-corrected chi connectivity index (χ4v) is 1.87. The molecular formula is C15H22N2O2S. The lowest BCUT2D eigenvalue weighted by atomic mass is 10.2. The Morgan fingerprint density at radius 1 is 1.45 bits per heavy atom. The minimum Gasteiger partial charge on any atom is -0.493 e. The number of thiocarbonyl (C=S) groups is 1. The molecule has 0 saturated heterocycles. The predicted octanol–water partition coefficient (Wildman–Crippen LogP) is 2.59. The molecule has 1 aromatic carbocycles. The molecule has 110 valence electrons. The van der Waals surface area contributed by atoms with Crippen LogP contribution in [0.25, 0.3) is 0 Å². The van der Waals surface area contributed by atoms with Gasteiger partial charge in [-0.1, -0.05) is 12.1 Å². The zero-order valence-corrected chi connectivity index (χ0v) is 13.1. The lowest BCUT2D eigenvalue weighted by molar-refractivity contribution is 0.310. The van der Waals surface area contributed by atoms with Gasteiger partial charge < -0.3 is 19.7 Å². The van der Waals surface area contributed by atoms with Crippen molar-refractivity contribution in [3.05, 3.63) is 36.4 Å². The van der Waals surface area contributed by atoms with Gasteiger partial charge in [0.1, 0.15) is 0 Å². The highest BCUT2D eigenvalue weighted by molar-refractivity contribution is 7.80. The average Bonchev–Trinajstić information content (AvgIpc) is 2.46. The van der Waals surface area contributed by atoms with E-state index in [4.69, 9.17) is 21.7 Å². The molecule has 0 amide bonds. The molecule has 0 aromatic heterocycles. The van der Waals surface area contributed by atoms with Gasteiger partial charge in [0.2, 0.25) is 0 Å². The number of ether oxygens (including phenoxy) is 2. The largest absolute Gasteiger partial charge is 0.493 e. The Hall–Kier alpha value is -1.75. The van der Waals surface area contributed by atoms with E-state index in [1.807, 2.05) is 37.1 Å². The standard InChI is InChI=1S/C15H22N2O2S/c1-5-9-16-15(20)17(3)11-12-7-8-13(19-6-2)14(10-12)18-4/h5,7-8,10H,1,6,9,11H2,2-4H3,(H,16,20). The van der Waals surface area contributed by atoms with Crippen molar-refractivity contribution in [3.8, 4) is 11.5 Å². The Kier molecular flexibility index (Phi) is 6.87. The number of hydrogen-bond donors (Lipinski definition) is 1. The van der Waals surface area contributed by atoms with Gasteiger partial charge in [-0.05, 0) is 36.8 Å². The van der Waals surface area contributed by atoms with E-state index < -0.39 is 0 Å². The second-order valence-corrected chi connectivity index (χ2v) is 4.64. The van der Waals surface area contributed by atoms with Crippen molar-refractivity contribution in [2.24, 2.45) is 0 Å². The van der Waals surface area contributed by atoms with E-state index in [1.165, 1.54) is 0 Å². The second-order valence-electron chi connectivity index (χ2n) is 4.25. The number of hydrogen-bond acceptors (Lipinski definition) is 3.